The lowest BCUT2D eigenvalue weighted by atomic mass is 10.1. The van der Waals surface area contributed by atoms with Crippen molar-refractivity contribution < 1.29 is 14.0 Å². The van der Waals surface area contributed by atoms with Gasteiger partial charge in [-0.1, -0.05) is 30.3 Å². The summed E-state index contributed by atoms with van der Waals surface area (Å²) in [5.41, 5.74) is 3.25. The number of hydrogen-bond donors (Lipinski definition) is 1. The fourth-order valence-electron chi connectivity index (χ4n) is 3.08. The molecule has 4 nitrogen and oxygen atoms in total. The molecular formula is C24H23FN2O2. The molecule has 29 heavy (non-hydrogen) atoms. The maximum atomic E-state index is 13.7. The normalized spacial score (nSPS) is 10.4. The molecule has 0 radical (unpaired) electrons. The van der Waals surface area contributed by atoms with Gasteiger partial charge in [0, 0.05) is 35.5 Å². The highest BCUT2D eigenvalue weighted by Gasteiger charge is 2.17. The fourth-order valence-corrected chi connectivity index (χ4v) is 3.08. The monoisotopic (exact) mass is 390 g/mol. The van der Waals surface area contributed by atoms with Crippen LogP contribution in [0.25, 0.3) is 0 Å². The number of hydrogen-bond acceptors (Lipinski definition) is 2. The average molecular weight is 390 g/mol. The molecule has 0 spiro atoms. The van der Waals surface area contributed by atoms with Gasteiger partial charge in [0.1, 0.15) is 5.82 Å². The van der Waals surface area contributed by atoms with Crippen molar-refractivity contribution in [2.45, 2.75) is 20.4 Å². The van der Waals surface area contributed by atoms with E-state index in [1.807, 2.05) is 38.1 Å². The van der Waals surface area contributed by atoms with Gasteiger partial charge in [-0.2, -0.15) is 0 Å². The van der Waals surface area contributed by atoms with Gasteiger partial charge in [-0.05, 0) is 61.9 Å². The van der Waals surface area contributed by atoms with Crippen molar-refractivity contribution in [3.05, 3.63) is 101 Å². The largest absolute Gasteiger partial charge is 0.348 e. The van der Waals surface area contributed by atoms with Crippen LogP contribution in [0.4, 0.5) is 10.1 Å². The van der Waals surface area contributed by atoms with Crippen LogP contribution >= 0.6 is 0 Å². The van der Waals surface area contributed by atoms with E-state index in [0.29, 0.717) is 23.2 Å². The van der Waals surface area contributed by atoms with Crippen LogP contribution in [0, 0.1) is 12.7 Å². The van der Waals surface area contributed by atoms with Crippen LogP contribution in [0.3, 0.4) is 0 Å². The van der Waals surface area contributed by atoms with E-state index in [2.05, 4.69) is 5.32 Å². The molecule has 0 aromatic heterocycles. The van der Waals surface area contributed by atoms with Crippen LogP contribution in [0.1, 0.15) is 38.8 Å². The molecule has 0 bridgehead atoms. The first kappa shape index (κ1) is 20.3. The van der Waals surface area contributed by atoms with Crippen molar-refractivity contribution >= 4 is 17.5 Å². The van der Waals surface area contributed by atoms with Crippen molar-refractivity contribution in [1.82, 2.24) is 5.32 Å². The maximum absolute atomic E-state index is 13.7. The van der Waals surface area contributed by atoms with Crippen molar-refractivity contribution in [3.8, 4) is 0 Å². The summed E-state index contributed by atoms with van der Waals surface area (Å²) in [6.07, 6.45) is 0. The highest BCUT2D eigenvalue weighted by molar-refractivity contribution is 6.06. The third-order valence-corrected chi connectivity index (χ3v) is 4.67. The zero-order chi connectivity index (χ0) is 20.8. The van der Waals surface area contributed by atoms with E-state index >= 15 is 0 Å². The highest BCUT2D eigenvalue weighted by atomic mass is 19.1. The molecular weight excluding hydrogens is 367 g/mol. The Labute approximate surface area is 170 Å². The van der Waals surface area contributed by atoms with Crippen LogP contribution in [0.15, 0.2) is 72.8 Å². The van der Waals surface area contributed by atoms with Gasteiger partial charge in [-0.25, -0.2) is 4.39 Å². The zero-order valence-electron chi connectivity index (χ0n) is 16.5. The molecule has 1 N–H and O–H groups in total. The highest BCUT2D eigenvalue weighted by Crippen LogP contribution is 2.19. The zero-order valence-corrected chi connectivity index (χ0v) is 16.5. The number of carbonyl (C=O) groups excluding carboxylic acids is 2. The van der Waals surface area contributed by atoms with Crippen molar-refractivity contribution in [2.75, 3.05) is 11.4 Å². The van der Waals surface area contributed by atoms with Crippen LogP contribution in [-0.2, 0) is 6.54 Å². The Balaban J connectivity index is 1.69. The second-order valence-electron chi connectivity index (χ2n) is 6.74. The number of aryl methyl sites for hydroxylation is 1. The predicted molar refractivity (Wildman–Crippen MR) is 113 cm³/mol. The second-order valence-corrected chi connectivity index (χ2v) is 6.74. The first-order chi connectivity index (χ1) is 14.0. The summed E-state index contributed by atoms with van der Waals surface area (Å²) in [7, 11) is 0. The molecule has 0 saturated carbocycles. The Morgan fingerprint density at radius 1 is 0.931 bits per heavy atom. The van der Waals surface area contributed by atoms with E-state index in [1.165, 1.54) is 6.07 Å². The SMILES string of the molecule is CCN(C(=O)c1ccc(C(=O)NCc2ccccc2F)cc1)c1cccc(C)c1. The average Bonchev–Trinajstić information content (AvgIpc) is 2.73. The summed E-state index contributed by atoms with van der Waals surface area (Å²) in [4.78, 5) is 26.9. The molecule has 148 valence electrons. The Morgan fingerprint density at radius 3 is 2.28 bits per heavy atom. The van der Waals surface area contributed by atoms with Gasteiger partial charge in [-0.15, -0.1) is 0 Å². The van der Waals surface area contributed by atoms with Gasteiger partial charge < -0.3 is 10.2 Å². The van der Waals surface area contributed by atoms with Crippen LogP contribution in [-0.4, -0.2) is 18.4 Å². The van der Waals surface area contributed by atoms with Crippen molar-refractivity contribution in [3.63, 3.8) is 0 Å². The van der Waals surface area contributed by atoms with Crippen molar-refractivity contribution in [2.24, 2.45) is 0 Å². The molecule has 0 aliphatic carbocycles. The number of anilines is 1. The van der Waals surface area contributed by atoms with Crippen LogP contribution in [0.5, 0.6) is 0 Å². The Morgan fingerprint density at radius 2 is 1.62 bits per heavy atom. The first-order valence-electron chi connectivity index (χ1n) is 9.49. The number of amides is 2. The number of nitrogens with zero attached hydrogens (tertiary/aromatic N) is 1. The Kier molecular flexibility index (Phi) is 6.39. The molecule has 0 unspecified atom stereocenters. The second kappa shape index (κ2) is 9.15. The van der Waals surface area contributed by atoms with E-state index < -0.39 is 0 Å². The molecule has 2 amide bonds. The molecule has 3 aromatic carbocycles. The number of benzene rings is 3. The van der Waals surface area contributed by atoms with E-state index in [0.717, 1.165) is 11.3 Å². The predicted octanol–water partition coefficient (Wildman–Crippen LogP) is 4.73. The molecule has 3 rings (SSSR count). The Hall–Kier alpha value is -3.47. The van der Waals surface area contributed by atoms with Crippen molar-refractivity contribution in [1.29, 1.82) is 0 Å². The summed E-state index contributed by atoms with van der Waals surface area (Å²) in [6.45, 7) is 4.54. The third-order valence-electron chi connectivity index (χ3n) is 4.67. The number of nitrogens with one attached hydrogen (secondary N) is 1. The van der Waals surface area contributed by atoms with Gasteiger partial charge in [0.2, 0.25) is 0 Å². The summed E-state index contributed by atoms with van der Waals surface area (Å²) in [5.74, 6) is -0.806. The lowest BCUT2D eigenvalue weighted by Gasteiger charge is -2.21. The number of rotatable bonds is 6. The number of carbonyl (C=O) groups is 2. The molecule has 0 fully saturated rings. The van der Waals surface area contributed by atoms with Crippen LogP contribution < -0.4 is 10.2 Å². The quantitative estimate of drug-likeness (QED) is 0.661. The van der Waals surface area contributed by atoms with Gasteiger partial charge in [0.25, 0.3) is 11.8 Å². The lowest BCUT2D eigenvalue weighted by molar-refractivity contribution is 0.0947. The van der Waals surface area contributed by atoms with E-state index in [1.54, 1.807) is 47.4 Å². The van der Waals surface area contributed by atoms with Crippen LogP contribution in [0.2, 0.25) is 0 Å². The summed E-state index contributed by atoms with van der Waals surface area (Å²) >= 11 is 0. The summed E-state index contributed by atoms with van der Waals surface area (Å²) in [6, 6.07) is 20.6. The lowest BCUT2D eigenvalue weighted by Crippen LogP contribution is -2.30. The summed E-state index contributed by atoms with van der Waals surface area (Å²) < 4.78 is 13.7. The molecule has 0 heterocycles. The third kappa shape index (κ3) is 4.88. The smallest absolute Gasteiger partial charge is 0.258 e. The minimum absolute atomic E-state index is 0.100. The molecule has 5 heteroatoms. The molecule has 0 saturated heterocycles. The standard InChI is InChI=1S/C24H23FN2O2/c1-3-27(21-9-6-7-17(2)15-21)24(29)19-13-11-18(12-14-19)23(28)26-16-20-8-4-5-10-22(20)25/h4-15H,3,16H2,1-2H3,(H,26,28). The minimum atomic E-state index is -0.357. The first-order valence-corrected chi connectivity index (χ1v) is 9.49. The van der Waals surface area contributed by atoms with Gasteiger partial charge in [-0.3, -0.25) is 9.59 Å². The molecule has 0 aliphatic heterocycles. The van der Waals surface area contributed by atoms with E-state index in [-0.39, 0.29) is 24.2 Å². The summed E-state index contributed by atoms with van der Waals surface area (Å²) in [5, 5.41) is 2.70. The van der Waals surface area contributed by atoms with E-state index in [9.17, 15) is 14.0 Å². The number of halogens is 1. The topological polar surface area (TPSA) is 49.4 Å². The van der Waals surface area contributed by atoms with E-state index in [4.69, 9.17) is 0 Å². The minimum Gasteiger partial charge on any atom is -0.348 e. The van der Waals surface area contributed by atoms with Gasteiger partial charge in [0.15, 0.2) is 0 Å². The molecule has 3 aromatic rings. The Bertz CT molecular complexity index is 1020. The van der Waals surface area contributed by atoms with Gasteiger partial charge in [0.05, 0.1) is 0 Å². The van der Waals surface area contributed by atoms with Gasteiger partial charge >= 0.3 is 0 Å². The molecule has 0 aliphatic rings. The maximum Gasteiger partial charge on any atom is 0.258 e. The fraction of sp³-hybridized carbons (Fsp3) is 0.167. The molecule has 0 atom stereocenters.